The van der Waals surface area contributed by atoms with Gasteiger partial charge in [0.15, 0.2) is 9.84 Å². The first-order chi connectivity index (χ1) is 23.2. The highest BCUT2D eigenvalue weighted by Gasteiger charge is 2.53. The number of hydrogen-bond acceptors (Lipinski definition) is 8. The molecule has 3 aliphatic heterocycles. The number of hydrogen-bond donors (Lipinski definition) is 1. The average molecular weight is 683 g/mol. The van der Waals surface area contributed by atoms with Crippen LogP contribution in [0.1, 0.15) is 50.5 Å². The van der Waals surface area contributed by atoms with E-state index in [0.29, 0.717) is 16.7 Å². The van der Waals surface area contributed by atoms with Crippen molar-refractivity contribution in [2.75, 3.05) is 71.5 Å². The lowest BCUT2D eigenvalue weighted by Gasteiger charge is -2.55. The fraction of sp³-hybridized carbons (Fsp3) is 0.649. The summed E-state index contributed by atoms with van der Waals surface area (Å²) in [6, 6.07) is 14.7. The number of benzene rings is 2. The van der Waals surface area contributed by atoms with E-state index in [1.807, 2.05) is 18.2 Å². The van der Waals surface area contributed by atoms with E-state index >= 15 is 4.39 Å². The van der Waals surface area contributed by atoms with Gasteiger partial charge in [-0.2, -0.15) is 0 Å². The van der Waals surface area contributed by atoms with E-state index in [-0.39, 0.29) is 34.5 Å². The quantitative estimate of drug-likeness (QED) is 0.345. The molecule has 0 unspecified atom stereocenters. The number of methoxy groups -OCH3 is 2. The molecule has 2 aromatic rings. The van der Waals surface area contributed by atoms with Gasteiger partial charge in [0.05, 0.1) is 23.4 Å². The molecule has 262 valence electrons. The minimum Gasteiger partial charge on any atom is -0.453 e. The van der Waals surface area contributed by atoms with Gasteiger partial charge in [-0.3, -0.25) is 4.90 Å². The summed E-state index contributed by atoms with van der Waals surface area (Å²) in [5.41, 5.74) is 1.82. The smallest absolute Gasteiger partial charge is 0.407 e. The van der Waals surface area contributed by atoms with E-state index in [0.717, 1.165) is 109 Å². The topological polar surface area (TPSA) is 91.4 Å². The molecule has 0 spiro atoms. The van der Waals surface area contributed by atoms with Gasteiger partial charge in [0, 0.05) is 69.4 Å². The predicted octanol–water partition coefficient (Wildman–Crippen LogP) is 4.70. The van der Waals surface area contributed by atoms with Crippen LogP contribution in [0.25, 0.3) is 0 Å². The van der Waals surface area contributed by atoms with Crippen LogP contribution in [-0.4, -0.2) is 108 Å². The summed E-state index contributed by atoms with van der Waals surface area (Å²) in [6.45, 7) is 7.53. The molecule has 1 N–H and O–H groups in total. The molecule has 0 radical (unpaired) electrons. The zero-order chi connectivity index (χ0) is 33.5. The first-order valence-corrected chi connectivity index (χ1v) is 19.4. The second kappa shape index (κ2) is 13.9. The van der Waals surface area contributed by atoms with Crippen molar-refractivity contribution in [3.8, 4) is 0 Å². The van der Waals surface area contributed by atoms with Crippen LogP contribution in [0.15, 0.2) is 53.4 Å². The van der Waals surface area contributed by atoms with Crippen molar-refractivity contribution in [1.82, 2.24) is 15.1 Å². The van der Waals surface area contributed by atoms with E-state index in [2.05, 4.69) is 26.1 Å². The molecule has 3 heterocycles. The van der Waals surface area contributed by atoms with Crippen molar-refractivity contribution >= 4 is 21.6 Å². The summed E-state index contributed by atoms with van der Waals surface area (Å²) in [7, 11) is 0.0219. The highest BCUT2D eigenvalue weighted by molar-refractivity contribution is 7.92. The van der Waals surface area contributed by atoms with Crippen LogP contribution in [0, 0.1) is 23.6 Å². The van der Waals surface area contributed by atoms with Crippen molar-refractivity contribution in [3.05, 3.63) is 59.9 Å². The summed E-state index contributed by atoms with van der Waals surface area (Å²) in [6.07, 6.45) is 6.33. The Morgan fingerprint density at radius 2 is 1.67 bits per heavy atom. The largest absolute Gasteiger partial charge is 0.453 e. The Kier molecular flexibility index (Phi) is 9.76. The molecule has 2 aliphatic carbocycles. The van der Waals surface area contributed by atoms with Gasteiger partial charge >= 0.3 is 6.09 Å². The molecule has 0 aromatic heterocycles. The van der Waals surface area contributed by atoms with Crippen molar-refractivity contribution < 1.29 is 27.1 Å². The molecule has 0 bridgehead atoms. The third-order valence-corrected chi connectivity index (χ3v) is 14.3. The summed E-state index contributed by atoms with van der Waals surface area (Å²) in [4.78, 5) is 20.4. The number of halogens is 1. The minimum absolute atomic E-state index is 0.0258. The van der Waals surface area contributed by atoms with Crippen LogP contribution >= 0.6 is 0 Å². The van der Waals surface area contributed by atoms with E-state index in [9.17, 15) is 13.2 Å². The monoisotopic (exact) mass is 682 g/mol. The lowest BCUT2D eigenvalue weighted by Crippen LogP contribution is -2.62. The molecule has 1 amide bonds. The molecular formula is C37H51FN4O5S. The number of sulfone groups is 1. The number of carbonyl (C=O) groups excluding carboxylic acids is 1. The molecule has 2 saturated carbocycles. The molecule has 3 saturated heterocycles. The Morgan fingerprint density at radius 1 is 0.938 bits per heavy atom. The number of rotatable bonds is 12. The molecule has 11 heteroatoms. The maximum absolute atomic E-state index is 15.0. The first kappa shape index (κ1) is 33.8. The van der Waals surface area contributed by atoms with E-state index in [1.54, 1.807) is 25.3 Å². The number of carbonyl (C=O) groups is 1. The third kappa shape index (κ3) is 6.72. The zero-order valence-electron chi connectivity index (χ0n) is 28.4. The van der Waals surface area contributed by atoms with Crippen LogP contribution in [0.2, 0.25) is 0 Å². The fourth-order valence-corrected chi connectivity index (χ4v) is 11.0. The fourth-order valence-electron chi connectivity index (χ4n) is 9.31. The van der Waals surface area contributed by atoms with Crippen LogP contribution < -0.4 is 10.2 Å². The van der Waals surface area contributed by atoms with Gasteiger partial charge in [0.1, 0.15) is 5.82 Å². The number of nitrogens with zero attached hydrogens (tertiary/aromatic N) is 3. The molecule has 3 atom stereocenters. The van der Waals surface area contributed by atoms with Gasteiger partial charge in [-0.1, -0.05) is 18.6 Å². The van der Waals surface area contributed by atoms with Crippen molar-refractivity contribution in [1.29, 1.82) is 0 Å². The molecular weight excluding hydrogens is 631 g/mol. The molecule has 7 rings (SSSR count). The number of anilines is 1. The molecule has 48 heavy (non-hydrogen) atoms. The van der Waals surface area contributed by atoms with E-state index in [1.165, 1.54) is 13.2 Å². The highest BCUT2D eigenvalue weighted by Crippen LogP contribution is 2.51. The van der Waals surface area contributed by atoms with Crippen molar-refractivity contribution in [2.24, 2.45) is 17.8 Å². The predicted molar refractivity (Wildman–Crippen MR) is 184 cm³/mol. The van der Waals surface area contributed by atoms with E-state index < -0.39 is 15.9 Å². The lowest BCUT2D eigenvalue weighted by atomic mass is 9.57. The number of piperidine rings is 1. The third-order valence-electron chi connectivity index (χ3n) is 12.1. The summed E-state index contributed by atoms with van der Waals surface area (Å²) < 4.78 is 50.9. The van der Waals surface area contributed by atoms with E-state index in [4.69, 9.17) is 9.47 Å². The summed E-state index contributed by atoms with van der Waals surface area (Å²) in [5.74, 6) is 0.865. The summed E-state index contributed by atoms with van der Waals surface area (Å²) >= 11 is 0. The van der Waals surface area contributed by atoms with Gasteiger partial charge in [0.25, 0.3) is 0 Å². The Labute approximate surface area is 285 Å². The standard InChI is InChI=1S/C37H51FN4O5S/c1-46-31-23-41(24-31)25-37(28-5-3-6-29(38)19-28,34-7-4-8-35(34)39-36(43)47-2)27-15-17-40(18-16-27)20-26-21-42(22-26)30-9-11-32(12-10-30)48(44,45)33-13-14-33/h3,5-6,9-12,19,26-27,31,33-35H,4,7-8,13-18,20-25H2,1-2H3,(H,39,43)/t34-,35-,37-/m0/s1. The number of nitrogens with one attached hydrogen (secondary N) is 1. The van der Waals surface area contributed by atoms with Crippen LogP contribution in [0.5, 0.6) is 0 Å². The Morgan fingerprint density at radius 3 is 2.31 bits per heavy atom. The Hall–Kier alpha value is -2.73. The van der Waals surface area contributed by atoms with Crippen molar-refractivity contribution in [2.45, 2.75) is 72.7 Å². The van der Waals surface area contributed by atoms with Gasteiger partial charge in [-0.25, -0.2) is 17.6 Å². The maximum atomic E-state index is 15.0. The first-order valence-electron chi connectivity index (χ1n) is 17.9. The van der Waals surface area contributed by atoms with Crippen LogP contribution in [0.4, 0.5) is 14.9 Å². The van der Waals surface area contributed by atoms with Crippen LogP contribution in [0.3, 0.4) is 0 Å². The second-order valence-electron chi connectivity index (χ2n) is 15.0. The number of amides is 1. The maximum Gasteiger partial charge on any atom is 0.407 e. The van der Waals surface area contributed by atoms with Gasteiger partial charge in [0.2, 0.25) is 0 Å². The summed E-state index contributed by atoms with van der Waals surface area (Å²) in [5, 5.41) is 2.99. The Bertz CT molecular complexity index is 1530. The molecule has 5 aliphatic rings. The molecule has 2 aromatic carbocycles. The second-order valence-corrected chi connectivity index (χ2v) is 17.2. The molecule has 5 fully saturated rings. The lowest BCUT2D eigenvalue weighted by molar-refractivity contribution is -0.0580. The SMILES string of the molecule is COC(=O)N[C@H]1CCC[C@@H]1[C@](CN1CC(OC)C1)(c1cccc(F)c1)C1CCN(CC2CN(c3ccc(S(=O)(=O)C4CC4)cc3)C2)CC1. The minimum atomic E-state index is -3.16. The van der Waals surface area contributed by atoms with Crippen molar-refractivity contribution in [3.63, 3.8) is 0 Å². The highest BCUT2D eigenvalue weighted by atomic mass is 32.2. The number of alkyl carbamates (subject to hydrolysis) is 1. The van der Waals surface area contributed by atoms with Gasteiger partial charge in [-0.15, -0.1) is 0 Å². The average Bonchev–Trinajstić information content (AvgIpc) is 3.83. The number of ether oxygens (including phenoxy) is 2. The molecule has 9 nitrogen and oxygen atoms in total. The van der Waals surface area contributed by atoms with Crippen LogP contribution in [-0.2, 0) is 24.7 Å². The van der Waals surface area contributed by atoms with Gasteiger partial charge < -0.3 is 24.6 Å². The van der Waals surface area contributed by atoms with Gasteiger partial charge in [-0.05, 0) is 105 Å². The normalized spacial score (nSPS) is 26.1. The zero-order valence-corrected chi connectivity index (χ0v) is 29.2. The Balaban J connectivity index is 1.04. The number of likely N-dealkylation sites (tertiary alicyclic amines) is 2.